The molecule has 4 heteroatoms. The molecule has 2 unspecified atom stereocenters. The third-order valence-corrected chi connectivity index (χ3v) is 3.33. The molecular weight excluding hydrogens is 243 g/mol. The molecular formula is C13H14ClFO2. The predicted molar refractivity (Wildman–Crippen MR) is 63.6 cm³/mol. The molecule has 0 aliphatic carbocycles. The van der Waals surface area contributed by atoms with Crippen LogP contribution in [-0.2, 0) is 9.53 Å². The van der Waals surface area contributed by atoms with Gasteiger partial charge in [-0.1, -0.05) is 17.7 Å². The van der Waals surface area contributed by atoms with Crippen molar-refractivity contribution in [2.24, 2.45) is 0 Å². The van der Waals surface area contributed by atoms with Crippen molar-refractivity contribution in [2.45, 2.75) is 37.9 Å². The minimum atomic E-state index is -0.426. The van der Waals surface area contributed by atoms with E-state index in [0.29, 0.717) is 6.42 Å². The van der Waals surface area contributed by atoms with Crippen LogP contribution in [0, 0.1) is 5.82 Å². The van der Waals surface area contributed by atoms with Crippen LogP contribution in [0.3, 0.4) is 0 Å². The van der Waals surface area contributed by atoms with Crippen molar-refractivity contribution in [3.05, 3.63) is 34.6 Å². The zero-order chi connectivity index (χ0) is 12.3. The molecule has 1 aliphatic heterocycles. The van der Waals surface area contributed by atoms with E-state index in [-0.39, 0.29) is 17.2 Å². The summed E-state index contributed by atoms with van der Waals surface area (Å²) >= 11 is 5.64. The van der Waals surface area contributed by atoms with E-state index in [1.54, 1.807) is 12.1 Å². The number of aldehydes is 1. The first kappa shape index (κ1) is 12.5. The van der Waals surface area contributed by atoms with Crippen LogP contribution in [0.1, 0.15) is 37.4 Å². The average molecular weight is 257 g/mol. The molecule has 1 fully saturated rings. The lowest BCUT2D eigenvalue weighted by atomic mass is 9.97. The molecule has 1 heterocycles. The summed E-state index contributed by atoms with van der Waals surface area (Å²) in [5, 5.41) is 0.119. The Morgan fingerprint density at radius 1 is 1.47 bits per heavy atom. The fourth-order valence-electron chi connectivity index (χ4n) is 2.14. The number of benzene rings is 1. The summed E-state index contributed by atoms with van der Waals surface area (Å²) in [4.78, 5) is 10.5. The van der Waals surface area contributed by atoms with Gasteiger partial charge in [0.15, 0.2) is 0 Å². The number of carbonyl (C=O) groups excluding carboxylic acids is 1. The van der Waals surface area contributed by atoms with E-state index >= 15 is 0 Å². The zero-order valence-electron chi connectivity index (χ0n) is 9.36. The van der Waals surface area contributed by atoms with Gasteiger partial charge in [-0.25, -0.2) is 4.39 Å². The minimum Gasteiger partial charge on any atom is -0.370 e. The Bertz CT molecular complexity index is 408. The van der Waals surface area contributed by atoms with Crippen molar-refractivity contribution in [1.29, 1.82) is 0 Å². The van der Waals surface area contributed by atoms with Gasteiger partial charge in [-0.2, -0.15) is 0 Å². The molecule has 1 aromatic rings. The van der Waals surface area contributed by atoms with Crippen LogP contribution in [0.25, 0.3) is 0 Å². The number of halogens is 2. The van der Waals surface area contributed by atoms with E-state index in [1.165, 1.54) is 6.07 Å². The monoisotopic (exact) mass is 256 g/mol. The standard InChI is InChI=1S/C13H14ClFO2/c14-11-5-4-9(8-12(11)15)13-3-1-2-10(17-13)6-7-16/h4-5,7-8,10,13H,1-3,6H2. The van der Waals surface area contributed by atoms with E-state index in [4.69, 9.17) is 16.3 Å². The van der Waals surface area contributed by atoms with Crippen LogP contribution in [0.5, 0.6) is 0 Å². The maximum Gasteiger partial charge on any atom is 0.142 e. The topological polar surface area (TPSA) is 26.3 Å². The number of carbonyl (C=O) groups is 1. The van der Waals surface area contributed by atoms with Crippen LogP contribution in [-0.4, -0.2) is 12.4 Å². The first-order chi connectivity index (χ1) is 8.20. The maximum absolute atomic E-state index is 13.3. The maximum atomic E-state index is 13.3. The molecule has 0 N–H and O–H groups in total. The molecule has 0 bridgehead atoms. The summed E-state index contributed by atoms with van der Waals surface area (Å²) in [6, 6.07) is 4.73. The van der Waals surface area contributed by atoms with E-state index in [1.807, 2.05) is 0 Å². The molecule has 1 aliphatic rings. The molecule has 0 radical (unpaired) electrons. The van der Waals surface area contributed by atoms with Crippen LogP contribution >= 0.6 is 11.6 Å². The summed E-state index contributed by atoms with van der Waals surface area (Å²) in [5.74, 6) is -0.426. The highest BCUT2D eigenvalue weighted by Crippen LogP contribution is 2.33. The van der Waals surface area contributed by atoms with Gasteiger partial charge in [0, 0.05) is 6.42 Å². The number of rotatable bonds is 3. The van der Waals surface area contributed by atoms with Gasteiger partial charge in [0.1, 0.15) is 12.1 Å². The third-order valence-electron chi connectivity index (χ3n) is 3.02. The highest BCUT2D eigenvalue weighted by atomic mass is 35.5. The largest absolute Gasteiger partial charge is 0.370 e. The highest BCUT2D eigenvalue weighted by Gasteiger charge is 2.23. The molecule has 0 amide bonds. The number of hydrogen-bond donors (Lipinski definition) is 0. The van der Waals surface area contributed by atoms with Gasteiger partial charge in [0.05, 0.1) is 17.2 Å². The summed E-state index contributed by atoms with van der Waals surface area (Å²) in [5.41, 5.74) is 0.794. The summed E-state index contributed by atoms with van der Waals surface area (Å²) in [6.45, 7) is 0. The first-order valence-electron chi connectivity index (χ1n) is 5.74. The van der Waals surface area contributed by atoms with Gasteiger partial charge in [-0.3, -0.25) is 0 Å². The summed E-state index contributed by atoms with van der Waals surface area (Å²) < 4.78 is 19.1. The first-order valence-corrected chi connectivity index (χ1v) is 6.12. The van der Waals surface area contributed by atoms with Crippen molar-refractivity contribution in [3.8, 4) is 0 Å². The average Bonchev–Trinajstić information content (AvgIpc) is 2.33. The van der Waals surface area contributed by atoms with E-state index < -0.39 is 5.82 Å². The van der Waals surface area contributed by atoms with Crippen LogP contribution < -0.4 is 0 Å². The van der Waals surface area contributed by atoms with Gasteiger partial charge in [0.25, 0.3) is 0 Å². The Balaban J connectivity index is 2.10. The van der Waals surface area contributed by atoms with Gasteiger partial charge in [-0.15, -0.1) is 0 Å². The quantitative estimate of drug-likeness (QED) is 0.771. The lowest BCUT2D eigenvalue weighted by Crippen LogP contribution is -2.22. The third kappa shape index (κ3) is 3.05. The molecule has 92 valence electrons. The number of ether oxygens (including phenoxy) is 1. The van der Waals surface area contributed by atoms with Crippen molar-refractivity contribution in [2.75, 3.05) is 0 Å². The van der Waals surface area contributed by atoms with Crippen LogP contribution in [0.2, 0.25) is 5.02 Å². The van der Waals surface area contributed by atoms with Crippen LogP contribution in [0.15, 0.2) is 18.2 Å². The van der Waals surface area contributed by atoms with E-state index in [9.17, 15) is 9.18 Å². The normalized spacial score (nSPS) is 24.6. The molecule has 1 aromatic carbocycles. The Kier molecular flexibility index (Phi) is 4.13. The predicted octanol–water partition coefficient (Wildman–Crippen LogP) is 3.68. The van der Waals surface area contributed by atoms with E-state index in [2.05, 4.69) is 0 Å². The van der Waals surface area contributed by atoms with Gasteiger partial charge >= 0.3 is 0 Å². The zero-order valence-corrected chi connectivity index (χ0v) is 10.1. The molecule has 0 saturated carbocycles. The molecule has 2 rings (SSSR count). The second-order valence-corrected chi connectivity index (χ2v) is 4.66. The fraction of sp³-hybridized carbons (Fsp3) is 0.462. The number of hydrogen-bond acceptors (Lipinski definition) is 2. The van der Waals surface area contributed by atoms with Crippen molar-refractivity contribution >= 4 is 17.9 Å². The minimum absolute atomic E-state index is 0.0370. The molecule has 2 nitrogen and oxygen atoms in total. The van der Waals surface area contributed by atoms with Crippen LogP contribution in [0.4, 0.5) is 4.39 Å². The molecule has 2 atom stereocenters. The Hall–Kier alpha value is -0.930. The molecule has 17 heavy (non-hydrogen) atoms. The summed E-state index contributed by atoms with van der Waals surface area (Å²) in [6.07, 6.45) is 3.86. The lowest BCUT2D eigenvalue weighted by Gasteiger charge is -2.29. The van der Waals surface area contributed by atoms with Crippen molar-refractivity contribution in [1.82, 2.24) is 0 Å². The highest BCUT2D eigenvalue weighted by molar-refractivity contribution is 6.30. The fourth-order valence-corrected chi connectivity index (χ4v) is 2.26. The van der Waals surface area contributed by atoms with Gasteiger partial charge in [-0.05, 0) is 37.0 Å². The second kappa shape index (κ2) is 5.61. The second-order valence-electron chi connectivity index (χ2n) is 4.25. The SMILES string of the molecule is O=CCC1CCCC(c2ccc(Cl)c(F)c2)O1. The smallest absolute Gasteiger partial charge is 0.142 e. The summed E-state index contributed by atoms with van der Waals surface area (Å²) in [7, 11) is 0. The van der Waals surface area contributed by atoms with Crippen molar-refractivity contribution < 1.29 is 13.9 Å². The Morgan fingerprint density at radius 2 is 2.29 bits per heavy atom. The van der Waals surface area contributed by atoms with Gasteiger partial charge < -0.3 is 9.53 Å². The van der Waals surface area contributed by atoms with E-state index in [0.717, 1.165) is 31.1 Å². The van der Waals surface area contributed by atoms with Gasteiger partial charge in [0.2, 0.25) is 0 Å². The molecule has 1 saturated heterocycles. The Morgan fingerprint density at radius 3 is 3.00 bits per heavy atom. The molecule has 0 aromatic heterocycles. The molecule has 0 spiro atoms. The van der Waals surface area contributed by atoms with Crippen molar-refractivity contribution in [3.63, 3.8) is 0 Å². The lowest BCUT2D eigenvalue weighted by molar-refractivity contribution is -0.114. The Labute approximate surface area is 105 Å².